The van der Waals surface area contributed by atoms with E-state index in [-0.39, 0.29) is 11.9 Å². The zero-order valence-electron chi connectivity index (χ0n) is 17.2. The molecule has 4 aromatic rings. The van der Waals surface area contributed by atoms with E-state index in [1.54, 1.807) is 24.3 Å². The average molecular weight is 459 g/mol. The lowest BCUT2D eigenvalue weighted by molar-refractivity contribution is 0.305. The van der Waals surface area contributed by atoms with Crippen molar-refractivity contribution in [2.75, 3.05) is 14.1 Å². The molecule has 0 unspecified atom stereocenters. The van der Waals surface area contributed by atoms with Crippen molar-refractivity contribution in [2.45, 2.75) is 23.9 Å². The number of halogens is 2. The Morgan fingerprint density at radius 1 is 1.10 bits per heavy atom. The van der Waals surface area contributed by atoms with Gasteiger partial charge in [-0.2, -0.15) is 4.98 Å². The highest BCUT2D eigenvalue weighted by Crippen LogP contribution is 2.29. The fraction of sp³-hybridized carbons (Fsp3) is 0.238. The second-order valence-corrected chi connectivity index (χ2v) is 8.48. The monoisotopic (exact) mass is 458 g/mol. The Bertz CT molecular complexity index is 1160. The van der Waals surface area contributed by atoms with Crippen LogP contribution in [0.3, 0.4) is 0 Å². The molecule has 0 N–H and O–H groups in total. The molecule has 0 aliphatic heterocycles. The van der Waals surface area contributed by atoms with Crippen molar-refractivity contribution in [1.82, 2.24) is 29.8 Å². The van der Waals surface area contributed by atoms with E-state index in [1.807, 2.05) is 42.6 Å². The molecule has 7 nitrogen and oxygen atoms in total. The number of benzene rings is 2. The van der Waals surface area contributed by atoms with Crippen LogP contribution in [0.25, 0.3) is 17.1 Å². The molecule has 0 fully saturated rings. The van der Waals surface area contributed by atoms with Crippen molar-refractivity contribution >= 4 is 23.4 Å². The summed E-state index contributed by atoms with van der Waals surface area (Å²) >= 11 is 7.36. The molecular formula is C21H20ClFN6OS. The van der Waals surface area contributed by atoms with E-state index < -0.39 is 0 Å². The molecule has 31 heavy (non-hydrogen) atoms. The first-order valence-electron chi connectivity index (χ1n) is 9.51. The fourth-order valence-corrected chi connectivity index (χ4v) is 3.79. The molecule has 2 aromatic carbocycles. The standard InChI is InChI=1S/C21H20ClFN6OS/c1-13(28(2)3)19-25-26-21(29(19)17-10-8-16(23)9-11-17)31-12-18-24-20(30-27-18)14-4-6-15(22)7-5-14/h4-11,13H,12H2,1-3H3/t13-/m1/s1. The van der Waals surface area contributed by atoms with Gasteiger partial charge < -0.3 is 4.52 Å². The smallest absolute Gasteiger partial charge is 0.257 e. The van der Waals surface area contributed by atoms with Crippen LogP contribution in [0.15, 0.2) is 58.2 Å². The molecular weight excluding hydrogens is 439 g/mol. The first-order chi connectivity index (χ1) is 14.9. The first-order valence-corrected chi connectivity index (χ1v) is 10.9. The van der Waals surface area contributed by atoms with Crippen molar-refractivity contribution in [2.24, 2.45) is 0 Å². The first kappa shape index (κ1) is 21.5. The Labute approximate surface area is 188 Å². The summed E-state index contributed by atoms with van der Waals surface area (Å²) in [5.74, 6) is 1.86. The number of nitrogens with zero attached hydrogens (tertiary/aromatic N) is 6. The third-order valence-electron chi connectivity index (χ3n) is 4.78. The van der Waals surface area contributed by atoms with Gasteiger partial charge in [-0.1, -0.05) is 28.5 Å². The Balaban J connectivity index is 1.59. The average Bonchev–Trinajstić information content (AvgIpc) is 3.40. The maximum absolute atomic E-state index is 13.5. The maximum Gasteiger partial charge on any atom is 0.257 e. The van der Waals surface area contributed by atoms with Crippen molar-refractivity contribution in [1.29, 1.82) is 0 Å². The van der Waals surface area contributed by atoms with E-state index in [0.717, 1.165) is 17.1 Å². The van der Waals surface area contributed by atoms with Gasteiger partial charge in [0.1, 0.15) is 5.82 Å². The van der Waals surface area contributed by atoms with Crippen LogP contribution in [0.5, 0.6) is 0 Å². The Kier molecular flexibility index (Phi) is 6.35. The van der Waals surface area contributed by atoms with Gasteiger partial charge in [-0.05, 0) is 69.6 Å². The van der Waals surface area contributed by atoms with Gasteiger partial charge in [0.05, 0.1) is 11.8 Å². The minimum Gasteiger partial charge on any atom is -0.334 e. The van der Waals surface area contributed by atoms with Gasteiger partial charge in [-0.25, -0.2) is 4.39 Å². The molecule has 0 aliphatic rings. The number of aromatic nitrogens is 5. The highest BCUT2D eigenvalue weighted by atomic mass is 35.5. The largest absolute Gasteiger partial charge is 0.334 e. The minimum absolute atomic E-state index is 0.00795. The van der Waals surface area contributed by atoms with Crippen LogP contribution in [-0.4, -0.2) is 43.9 Å². The SMILES string of the molecule is C[C@H](c1nnc(SCc2noc(-c3ccc(Cl)cc3)n2)n1-c1ccc(F)cc1)N(C)C. The van der Waals surface area contributed by atoms with E-state index in [2.05, 4.69) is 20.3 Å². The van der Waals surface area contributed by atoms with Gasteiger partial charge in [0.2, 0.25) is 0 Å². The summed E-state index contributed by atoms with van der Waals surface area (Å²) in [4.78, 5) is 6.49. The number of hydrogen-bond donors (Lipinski definition) is 0. The van der Waals surface area contributed by atoms with Gasteiger partial charge >= 0.3 is 0 Å². The van der Waals surface area contributed by atoms with E-state index >= 15 is 0 Å². The van der Waals surface area contributed by atoms with Crippen molar-refractivity contribution in [3.8, 4) is 17.1 Å². The summed E-state index contributed by atoms with van der Waals surface area (Å²) < 4.78 is 20.8. The third kappa shape index (κ3) is 4.79. The van der Waals surface area contributed by atoms with E-state index in [0.29, 0.717) is 27.6 Å². The zero-order valence-corrected chi connectivity index (χ0v) is 18.7. The van der Waals surface area contributed by atoms with E-state index in [1.165, 1.54) is 23.9 Å². The molecule has 0 radical (unpaired) electrons. The van der Waals surface area contributed by atoms with Gasteiger partial charge in [0.15, 0.2) is 16.8 Å². The van der Waals surface area contributed by atoms with Crippen LogP contribution in [0, 0.1) is 5.82 Å². The lowest BCUT2D eigenvalue weighted by Crippen LogP contribution is -2.20. The van der Waals surface area contributed by atoms with Crippen molar-refractivity contribution in [3.05, 3.63) is 71.0 Å². The van der Waals surface area contributed by atoms with Crippen LogP contribution in [0.4, 0.5) is 4.39 Å². The second-order valence-electron chi connectivity index (χ2n) is 7.10. The minimum atomic E-state index is -0.297. The summed E-state index contributed by atoms with van der Waals surface area (Å²) in [6.07, 6.45) is 0. The quantitative estimate of drug-likeness (QED) is 0.360. The second kappa shape index (κ2) is 9.17. The fourth-order valence-electron chi connectivity index (χ4n) is 2.86. The van der Waals surface area contributed by atoms with Crippen LogP contribution in [0.2, 0.25) is 5.02 Å². The van der Waals surface area contributed by atoms with Crippen LogP contribution in [0.1, 0.15) is 24.6 Å². The molecule has 0 bridgehead atoms. The van der Waals surface area contributed by atoms with Crippen LogP contribution >= 0.6 is 23.4 Å². The molecule has 0 spiro atoms. The predicted octanol–water partition coefficient (Wildman–Crippen LogP) is 5.02. The lowest BCUT2D eigenvalue weighted by Gasteiger charge is -2.20. The van der Waals surface area contributed by atoms with E-state index in [9.17, 15) is 4.39 Å². The predicted molar refractivity (Wildman–Crippen MR) is 118 cm³/mol. The normalized spacial score (nSPS) is 12.5. The lowest BCUT2D eigenvalue weighted by atomic mass is 10.2. The molecule has 0 saturated carbocycles. The summed E-state index contributed by atoms with van der Waals surface area (Å²) in [6, 6.07) is 13.5. The summed E-state index contributed by atoms with van der Waals surface area (Å²) in [7, 11) is 3.94. The maximum atomic E-state index is 13.5. The highest BCUT2D eigenvalue weighted by Gasteiger charge is 2.21. The Hall–Kier alpha value is -2.75. The summed E-state index contributed by atoms with van der Waals surface area (Å²) in [5.41, 5.74) is 1.58. The summed E-state index contributed by atoms with van der Waals surface area (Å²) in [6.45, 7) is 2.04. The van der Waals surface area contributed by atoms with Gasteiger partial charge in [0.25, 0.3) is 5.89 Å². The van der Waals surface area contributed by atoms with Gasteiger partial charge in [-0.3, -0.25) is 9.47 Å². The molecule has 0 aliphatic carbocycles. The number of hydrogen-bond acceptors (Lipinski definition) is 7. The van der Waals surface area contributed by atoms with Gasteiger partial charge in [-0.15, -0.1) is 10.2 Å². The third-order valence-corrected chi connectivity index (χ3v) is 5.96. The van der Waals surface area contributed by atoms with Crippen molar-refractivity contribution in [3.63, 3.8) is 0 Å². The topological polar surface area (TPSA) is 72.9 Å². The van der Waals surface area contributed by atoms with Crippen LogP contribution in [-0.2, 0) is 5.75 Å². The molecule has 10 heteroatoms. The molecule has 160 valence electrons. The molecule has 2 heterocycles. The number of thioether (sulfide) groups is 1. The highest BCUT2D eigenvalue weighted by molar-refractivity contribution is 7.98. The Morgan fingerprint density at radius 2 is 1.81 bits per heavy atom. The summed E-state index contributed by atoms with van der Waals surface area (Å²) in [5, 5.41) is 14.1. The Morgan fingerprint density at radius 3 is 2.48 bits per heavy atom. The molecule has 0 amide bonds. The molecule has 2 aromatic heterocycles. The zero-order chi connectivity index (χ0) is 22.0. The molecule has 1 atom stereocenters. The van der Waals surface area contributed by atoms with Gasteiger partial charge in [0, 0.05) is 16.3 Å². The van der Waals surface area contributed by atoms with E-state index in [4.69, 9.17) is 16.1 Å². The van der Waals surface area contributed by atoms with Crippen LogP contribution < -0.4 is 0 Å². The molecule has 0 saturated heterocycles. The molecule has 4 rings (SSSR count). The number of rotatable bonds is 7. The van der Waals surface area contributed by atoms with Crippen molar-refractivity contribution < 1.29 is 8.91 Å².